The highest BCUT2D eigenvalue weighted by Gasteiger charge is 2.24. The molecule has 2 aliphatic heterocycles. The molecule has 0 spiro atoms. The molecule has 25 heavy (non-hydrogen) atoms. The van der Waals surface area contributed by atoms with E-state index in [9.17, 15) is 4.79 Å². The van der Waals surface area contributed by atoms with Gasteiger partial charge in [0.25, 0.3) is 0 Å². The first-order valence-electron chi connectivity index (χ1n) is 8.68. The third kappa shape index (κ3) is 7.04. The molecule has 0 aromatic carbocycles. The average Bonchev–Trinajstić information content (AvgIpc) is 3.28. The number of morpholine rings is 1. The monoisotopic (exact) mass is 409 g/mol. The van der Waals surface area contributed by atoms with Crippen molar-refractivity contribution in [2.45, 2.75) is 37.8 Å². The molecule has 0 saturated carbocycles. The summed E-state index contributed by atoms with van der Waals surface area (Å²) in [5.74, 6) is 0.175. The van der Waals surface area contributed by atoms with Gasteiger partial charge in [0.1, 0.15) is 0 Å². The van der Waals surface area contributed by atoms with Crippen LogP contribution in [0.2, 0.25) is 0 Å². The molecule has 0 aliphatic carbocycles. The summed E-state index contributed by atoms with van der Waals surface area (Å²) in [4.78, 5) is 15.9. The lowest BCUT2D eigenvalue weighted by Gasteiger charge is -2.34. The summed E-state index contributed by atoms with van der Waals surface area (Å²) in [6.45, 7) is 5.22. The van der Waals surface area contributed by atoms with Gasteiger partial charge in [0.15, 0.2) is 0 Å². The summed E-state index contributed by atoms with van der Waals surface area (Å²) >= 11 is 1.77. The molecule has 3 heterocycles. The molecule has 1 amide bonds. The van der Waals surface area contributed by atoms with E-state index < -0.39 is 0 Å². The van der Waals surface area contributed by atoms with Gasteiger partial charge in [0.2, 0.25) is 5.91 Å². The number of nitrogens with zero attached hydrogens (tertiary/aromatic N) is 1. The van der Waals surface area contributed by atoms with Crippen molar-refractivity contribution >= 4 is 42.1 Å². The smallest absolute Gasteiger partial charge is 0.220 e. The Kier molecular flexibility index (Phi) is 11.0. The number of thiophene rings is 1. The van der Waals surface area contributed by atoms with Crippen LogP contribution in [-0.4, -0.2) is 56.2 Å². The number of carbonyl (C=O) groups is 1. The van der Waals surface area contributed by atoms with Crippen LogP contribution in [-0.2, 0) is 9.53 Å². The number of halogens is 2. The number of carbonyl (C=O) groups excluding carboxylic acids is 1. The first-order valence-corrected chi connectivity index (χ1v) is 9.56. The summed E-state index contributed by atoms with van der Waals surface area (Å²) in [7, 11) is 0. The SMILES string of the molecule is Cl.Cl.O=C(CCC1CCCN1)NCC(c1cccs1)N1CCOCC1. The third-order valence-electron chi connectivity index (χ3n) is 4.73. The highest BCUT2D eigenvalue weighted by Crippen LogP contribution is 2.25. The zero-order valence-electron chi connectivity index (χ0n) is 14.4. The molecule has 8 heteroatoms. The first-order chi connectivity index (χ1) is 11.3. The Morgan fingerprint density at radius 1 is 1.40 bits per heavy atom. The van der Waals surface area contributed by atoms with Gasteiger partial charge in [-0.2, -0.15) is 0 Å². The number of amides is 1. The molecule has 2 unspecified atom stereocenters. The van der Waals surface area contributed by atoms with Crippen LogP contribution in [0.4, 0.5) is 0 Å². The zero-order chi connectivity index (χ0) is 15.9. The number of hydrogen-bond donors (Lipinski definition) is 2. The van der Waals surface area contributed by atoms with E-state index in [1.54, 1.807) is 11.3 Å². The molecule has 1 aromatic heterocycles. The van der Waals surface area contributed by atoms with Crippen molar-refractivity contribution in [2.24, 2.45) is 0 Å². The van der Waals surface area contributed by atoms with Gasteiger partial charge in [-0.3, -0.25) is 9.69 Å². The molecule has 5 nitrogen and oxygen atoms in total. The topological polar surface area (TPSA) is 53.6 Å². The van der Waals surface area contributed by atoms with Crippen LogP contribution in [0.5, 0.6) is 0 Å². The highest BCUT2D eigenvalue weighted by molar-refractivity contribution is 7.10. The van der Waals surface area contributed by atoms with Crippen LogP contribution >= 0.6 is 36.2 Å². The van der Waals surface area contributed by atoms with Gasteiger partial charge in [-0.25, -0.2) is 0 Å². The Hall–Kier alpha value is -0.370. The van der Waals surface area contributed by atoms with Gasteiger partial charge in [-0.1, -0.05) is 6.07 Å². The summed E-state index contributed by atoms with van der Waals surface area (Å²) in [5, 5.41) is 8.71. The Bertz CT molecular complexity index is 478. The van der Waals surface area contributed by atoms with Gasteiger partial charge in [0, 0.05) is 37.0 Å². The van der Waals surface area contributed by atoms with E-state index in [1.165, 1.54) is 17.7 Å². The van der Waals surface area contributed by atoms with Gasteiger partial charge >= 0.3 is 0 Å². The van der Waals surface area contributed by atoms with Gasteiger partial charge in [0.05, 0.1) is 19.3 Å². The normalized spacial score (nSPS) is 21.8. The van der Waals surface area contributed by atoms with Crippen molar-refractivity contribution in [3.63, 3.8) is 0 Å². The fraction of sp³-hybridized carbons (Fsp3) is 0.706. The molecule has 0 radical (unpaired) electrons. The second-order valence-corrected chi connectivity index (χ2v) is 7.29. The van der Waals surface area contributed by atoms with E-state index in [-0.39, 0.29) is 36.8 Å². The van der Waals surface area contributed by atoms with Crippen LogP contribution in [0.15, 0.2) is 17.5 Å². The molecule has 2 fully saturated rings. The molecule has 144 valence electrons. The van der Waals surface area contributed by atoms with Crippen molar-refractivity contribution in [1.82, 2.24) is 15.5 Å². The Morgan fingerprint density at radius 2 is 2.20 bits per heavy atom. The minimum absolute atomic E-state index is 0. The second-order valence-electron chi connectivity index (χ2n) is 6.32. The van der Waals surface area contributed by atoms with E-state index in [0.29, 0.717) is 19.0 Å². The molecular formula is C17H29Cl2N3O2S. The summed E-state index contributed by atoms with van der Waals surface area (Å²) in [6.07, 6.45) is 4.02. The largest absolute Gasteiger partial charge is 0.379 e. The van der Waals surface area contributed by atoms with Gasteiger partial charge in [-0.15, -0.1) is 36.2 Å². The predicted octanol–water partition coefficient (Wildman–Crippen LogP) is 2.61. The van der Waals surface area contributed by atoms with Crippen molar-refractivity contribution in [3.8, 4) is 0 Å². The summed E-state index contributed by atoms with van der Waals surface area (Å²) in [6, 6.07) is 5.06. The lowest BCUT2D eigenvalue weighted by atomic mass is 10.1. The Balaban J connectivity index is 0.00000156. The lowest BCUT2D eigenvalue weighted by Crippen LogP contribution is -2.43. The first kappa shape index (κ1) is 22.7. The van der Waals surface area contributed by atoms with Gasteiger partial charge < -0.3 is 15.4 Å². The number of nitrogens with one attached hydrogen (secondary N) is 2. The second kappa shape index (κ2) is 12.1. The van der Waals surface area contributed by atoms with Crippen molar-refractivity contribution < 1.29 is 9.53 Å². The van der Waals surface area contributed by atoms with Gasteiger partial charge in [-0.05, 0) is 37.3 Å². The van der Waals surface area contributed by atoms with E-state index >= 15 is 0 Å². The van der Waals surface area contributed by atoms with Crippen molar-refractivity contribution in [1.29, 1.82) is 0 Å². The fourth-order valence-electron chi connectivity index (χ4n) is 3.39. The minimum atomic E-state index is 0. The predicted molar refractivity (Wildman–Crippen MR) is 107 cm³/mol. The standard InChI is InChI=1S/C17H27N3O2S.2ClH/c21-17(6-5-14-3-1-7-18-14)19-13-15(16-4-2-12-23-16)20-8-10-22-11-9-20;;/h2,4,12,14-15,18H,1,3,5-11,13H2,(H,19,21);2*1H. The molecule has 2 aliphatic rings. The van der Waals surface area contributed by atoms with Crippen LogP contribution in [0.3, 0.4) is 0 Å². The Morgan fingerprint density at radius 3 is 2.84 bits per heavy atom. The zero-order valence-corrected chi connectivity index (χ0v) is 16.9. The summed E-state index contributed by atoms with van der Waals surface area (Å²) < 4.78 is 5.46. The molecule has 1 aromatic rings. The quantitative estimate of drug-likeness (QED) is 0.726. The van der Waals surface area contributed by atoms with E-state index in [2.05, 4.69) is 33.0 Å². The van der Waals surface area contributed by atoms with Crippen LogP contribution in [0.1, 0.15) is 36.6 Å². The maximum Gasteiger partial charge on any atom is 0.220 e. The molecule has 0 bridgehead atoms. The lowest BCUT2D eigenvalue weighted by molar-refractivity contribution is -0.121. The average molecular weight is 410 g/mol. The molecule has 3 rings (SSSR count). The van der Waals surface area contributed by atoms with Crippen LogP contribution in [0.25, 0.3) is 0 Å². The number of hydrogen-bond acceptors (Lipinski definition) is 5. The number of rotatable bonds is 7. The number of ether oxygens (including phenoxy) is 1. The van der Waals surface area contributed by atoms with Crippen LogP contribution < -0.4 is 10.6 Å². The Labute approximate surface area is 166 Å². The maximum atomic E-state index is 12.2. The van der Waals surface area contributed by atoms with E-state index in [1.807, 2.05) is 0 Å². The molecule has 2 saturated heterocycles. The molecular weight excluding hydrogens is 381 g/mol. The molecule has 2 N–H and O–H groups in total. The van der Waals surface area contributed by atoms with Crippen molar-refractivity contribution in [2.75, 3.05) is 39.4 Å². The summed E-state index contributed by atoms with van der Waals surface area (Å²) in [5.41, 5.74) is 0. The van der Waals surface area contributed by atoms with Crippen molar-refractivity contribution in [3.05, 3.63) is 22.4 Å². The fourth-order valence-corrected chi connectivity index (χ4v) is 4.25. The maximum absolute atomic E-state index is 12.2. The van der Waals surface area contributed by atoms with E-state index in [0.717, 1.165) is 39.3 Å². The molecule has 2 atom stereocenters. The third-order valence-corrected chi connectivity index (χ3v) is 5.71. The highest BCUT2D eigenvalue weighted by atomic mass is 35.5. The van der Waals surface area contributed by atoms with Crippen LogP contribution in [0, 0.1) is 0 Å². The van der Waals surface area contributed by atoms with E-state index in [4.69, 9.17) is 4.74 Å². The minimum Gasteiger partial charge on any atom is -0.379 e.